The van der Waals surface area contributed by atoms with Gasteiger partial charge in [0.2, 0.25) is 0 Å². The number of hydrogen-bond acceptors (Lipinski definition) is 4. The van der Waals surface area contributed by atoms with Gasteiger partial charge in [0, 0.05) is 12.6 Å². The van der Waals surface area contributed by atoms with Crippen molar-refractivity contribution in [2.75, 3.05) is 20.3 Å². The van der Waals surface area contributed by atoms with Crippen LogP contribution < -0.4 is 14.8 Å². The van der Waals surface area contributed by atoms with E-state index in [9.17, 15) is 9.59 Å². The number of methoxy groups -OCH3 is 1. The van der Waals surface area contributed by atoms with Crippen LogP contribution in [-0.2, 0) is 9.59 Å². The molecular weight excluding hydrogens is 274 g/mol. The topological polar surface area (TPSA) is 84.9 Å². The van der Waals surface area contributed by atoms with Crippen molar-refractivity contribution in [3.8, 4) is 11.5 Å². The van der Waals surface area contributed by atoms with E-state index >= 15 is 0 Å². The maximum Gasteiger partial charge on any atom is 0.328 e. The van der Waals surface area contributed by atoms with Crippen LogP contribution in [0.2, 0.25) is 0 Å². The first kappa shape index (κ1) is 16.3. The maximum absolute atomic E-state index is 11.4. The zero-order valence-corrected chi connectivity index (χ0v) is 11.7. The third-order valence-corrected chi connectivity index (χ3v) is 2.41. The van der Waals surface area contributed by atoms with E-state index in [1.165, 1.54) is 13.2 Å². The van der Waals surface area contributed by atoms with E-state index in [0.717, 1.165) is 6.08 Å². The van der Waals surface area contributed by atoms with E-state index in [1.807, 2.05) is 0 Å². The van der Waals surface area contributed by atoms with Crippen LogP contribution in [-0.4, -0.2) is 37.2 Å². The molecule has 6 heteroatoms. The van der Waals surface area contributed by atoms with E-state index < -0.39 is 5.97 Å². The highest BCUT2D eigenvalue weighted by molar-refractivity contribution is 5.85. The number of hydrogen-bond donors (Lipinski definition) is 2. The standard InChI is InChI=1S/C15H17NO5/c1-3-8-16-14(17)10-21-12-6-4-11(5-7-15(18)19)9-13(12)20-2/h3-7,9H,1,8,10H2,2H3,(H,16,17)(H,18,19)/b7-5+. The number of amides is 1. The lowest BCUT2D eigenvalue weighted by Crippen LogP contribution is -2.28. The van der Waals surface area contributed by atoms with Crippen LogP contribution in [0.4, 0.5) is 0 Å². The molecule has 2 N–H and O–H groups in total. The Hall–Kier alpha value is -2.76. The summed E-state index contributed by atoms with van der Waals surface area (Å²) in [5.41, 5.74) is 0.651. The Morgan fingerprint density at radius 1 is 1.38 bits per heavy atom. The van der Waals surface area contributed by atoms with Gasteiger partial charge in [-0.05, 0) is 23.8 Å². The molecule has 0 aliphatic rings. The van der Waals surface area contributed by atoms with Gasteiger partial charge in [0.1, 0.15) is 0 Å². The average Bonchev–Trinajstić information content (AvgIpc) is 2.48. The van der Waals surface area contributed by atoms with Crippen LogP contribution in [0, 0.1) is 0 Å². The third kappa shape index (κ3) is 5.82. The van der Waals surface area contributed by atoms with E-state index in [-0.39, 0.29) is 12.5 Å². The molecule has 1 amide bonds. The minimum atomic E-state index is -1.03. The Labute approximate surface area is 122 Å². The number of ether oxygens (including phenoxy) is 2. The van der Waals surface area contributed by atoms with Gasteiger partial charge in [-0.2, -0.15) is 0 Å². The van der Waals surface area contributed by atoms with Gasteiger partial charge in [0.05, 0.1) is 7.11 Å². The molecule has 112 valence electrons. The van der Waals surface area contributed by atoms with Crippen molar-refractivity contribution in [1.29, 1.82) is 0 Å². The van der Waals surface area contributed by atoms with Gasteiger partial charge in [-0.25, -0.2) is 4.79 Å². The van der Waals surface area contributed by atoms with Gasteiger partial charge in [-0.1, -0.05) is 12.1 Å². The minimum Gasteiger partial charge on any atom is -0.493 e. The monoisotopic (exact) mass is 291 g/mol. The highest BCUT2D eigenvalue weighted by Gasteiger charge is 2.07. The van der Waals surface area contributed by atoms with Crippen LogP contribution in [0.5, 0.6) is 11.5 Å². The van der Waals surface area contributed by atoms with Gasteiger partial charge in [0.15, 0.2) is 18.1 Å². The van der Waals surface area contributed by atoms with Crippen LogP contribution in [0.25, 0.3) is 6.08 Å². The fourth-order valence-corrected chi connectivity index (χ4v) is 1.45. The number of carbonyl (C=O) groups is 2. The second-order valence-electron chi connectivity index (χ2n) is 3.96. The van der Waals surface area contributed by atoms with Gasteiger partial charge >= 0.3 is 5.97 Å². The SMILES string of the molecule is C=CCNC(=O)COc1ccc(/C=C/C(=O)O)cc1OC. The molecular formula is C15H17NO5. The quantitative estimate of drug-likeness (QED) is 0.559. The molecule has 0 radical (unpaired) electrons. The zero-order chi connectivity index (χ0) is 15.7. The number of carboxylic acids is 1. The minimum absolute atomic E-state index is 0.144. The van der Waals surface area contributed by atoms with E-state index in [1.54, 1.807) is 24.3 Å². The number of rotatable bonds is 8. The van der Waals surface area contributed by atoms with Gasteiger partial charge in [-0.3, -0.25) is 4.79 Å². The first-order valence-corrected chi connectivity index (χ1v) is 6.16. The number of carboxylic acid groups (broad SMARTS) is 1. The van der Waals surface area contributed by atoms with Crippen molar-refractivity contribution in [2.45, 2.75) is 0 Å². The molecule has 1 rings (SSSR count). The van der Waals surface area contributed by atoms with Gasteiger partial charge in [0.25, 0.3) is 5.91 Å². The van der Waals surface area contributed by atoms with Crippen molar-refractivity contribution >= 4 is 18.0 Å². The summed E-state index contributed by atoms with van der Waals surface area (Å²) in [5.74, 6) is -0.488. The molecule has 0 fully saturated rings. The summed E-state index contributed by atoms with van der Waals surface area (Å²) in [6.45, 7) is 3.72. The first-order chi connectivity index (χ1) is 10.1. The molecule has 1 aromatic rings. The Bertz CT molecular complexity index is 551. The average molecular weight is 291 g/mol. The van der Waals surface area contributed by atoms with E-state index in [0.29, 0.717) is 23.6 Å². The second kappa shape index (κ2) is 8.42. The smallest absolute Gasteiger partial charge is 0.328 e. The molecule has 0 aromatic heterocycles. The van der Waals surface area contributed by atoms with Crippen LogP contribution in [0.15, 0.2) is 36.9 Å². The molecule has 0 aliphatic heterocycles. The second-order valence-corrected chi connectivity index (χ2v) is 3.96. The molecule has 0 saturated heterocycles. The number of aliphatic carboxylic acids is 1. The van der Waals surface area contributed by atoms with Gasteiger partial charge in [-0.15, -0.1) is 6.58 Å². The molecule has 0 atom stereocenters. The lowest BCUT2D eigenvalue weighted by molar-refractivity contribution is -0.131. The molecule has 0 bridgehead atoms. The van der Waals surface area contributed by atoms with Crippen molar-refractivity contribution in [3.63, 3.8) is 0 Å². The van der Waals surface area contributed by atoms with Crippen molar-refractivity contribution < 1.29 is 24.2 Å². The van der Waals surface area contributed by atoms with Crippen molar-refractivity contribution in [3.05, 3.63) is 42.5 Å². The largest absolute Gasteiger partial charge is 0.493 e. The summed E-state index contributed by atoms with van der Waals surface area (Å²) in [4.78, 5) is 21.9. The number of carbonyl (C=O) groups excluding carboxylic acids is 1. The number of benzene rings is 1. The van der Waals surface area contributed by atoms with E-state index in [4.69, 9.17) is 14.6 Å². The predicted octanol–water partition coefficient (Wildman–Crippen LogP) is 1.47. The Balaban J connectivity index is 2.72. The molecule has 0 heterocycles. The Kier molecular flexibility index (Phi) is 6.53. The third-order valence-electron chi connectivity index (χ3n) is 2.41. The molecule has 0 saturated carbocycles. The first-order valence-electron chi connectivity index (χ1n) is 6.16. The van der Waals surface area contributed by atoms with Crippen LogP contribution >= 0.6 is 0 Å². The fraction of sp³-hybridized carbons (Fsp3) is 0.200. The van der Waals surface area contributed by atoms with Crippen LogP contribution in [0.3, 0.4) is 0 Å². The molecule has 1 aromatic carbocycles. The molecule has 21 heavy (non-hydrogen) atoms. The zero-order valence-electron chi connectivity index (χ0n) is 11.7. The lowest BCUT2D eigenvalue weighted by atomic mass is 10.2. The summed E-state index contributed by atoms with van der Waals surface area (Å²) in [6, 6.07) is 4.90. The lowest BCUT2D eigenvalue weighted by Gasteiger charge is -2.11. The molecule has 0 spiro atoms. The molecule has 0 aliphatic carbocycles. The highest BCUT2D eigenvalue weighted by Crippen LogP contribution is 2.28. The summed E-state index contributed by atoms with van der Waals surface area (Å²) < 4.78 is 10.5. The Morgan fingerprint density at radius 3 is 2.76 bits per heavy atom. The summed E-state index contributed by atoms with van der Waals surface area (Å²) in [5, 5.41) is 11.2. The molecule has 6 nitrogen and oxygen atoms in total. The number of nitrogens with one attached hydrogen (secondary N) is 1. The summed E-state index contributed by atoms with van der Waals surface area (Å²) in [6.07, 6.45) is 4.03. The normalized spacial score (nSPS) is 10.1. The Morgan fingerprint density at radius 2 is 2.14 bits per heavy atom. The summed E-state index contributed by atoms with van der Waals surface area (Å²) >= 11 is 0. The summed E-state index contributed by atoms with van der Waals surface area (Å²) in [7, 11) is 1.46. The fourth-order valence-electron chi connectivity index (χ4n) is 1.45. The predicted molar refractivity (Wildman–Crippen MR) is 78.4 cm³/mol. The molecule has 0 unspecified atom stereocenters. The van der Waals surface area contributed by atoms with E-state index in [2.05, 4.69) is 11.9 Å². The maximum atomic E-state index is 11.4. The van der Waals surface area contributed by atoms with Crippen molar-refractivity contribution in [2.24, 2.45) is 0 Å². The van der Waals surface area contributed by atoms with Gasteiger partial charge < -0.3 is 19.9 Å². The highest BCUT2D eigenvalue weighted by atomic mass is 16.5. The van der Waals surface area contributed by atoms with Crippen LogP contribution in [0.1, 0.15) is 5.56 Å². The van der Waals surface area contributed by atoms with Crippen molar-refractivity contribution in [1.82, 2.24) is 5.32 Å².